The van der Waals surface area contributed by atoms with Crippen molar-refractivity contribution in [1.29, 1.82) is 0 Å². The molecule has 1 atom stereocenters. The van der Waals surface area contributed by atoms with Gasteiger partial charge in [0, 0.05) is 12.3 Å². The first kappa shape index (κ1) is 20.9. The predicted octanol–water partition coefficient (Wildman–Crippen LogP) is 4.33. The Labute approximate surface area is 184 Å². The minimum Gasteiger partial charge on any atom is -0.485 e. The van der Waals surface area contributed by atoms with Crippen molar-refractivity contribution in [3.8, 4) is 11.5 Å². The second-order valence-electron chi connectivity index (χ2n) is 7.17. The van der Waals surface area contributed by atoms with Gasteiger partial charge in [-0.1, -0.05) is 24.3 Å². The first-order chi connectivity index (χ1) is 14.9. The number of carbonyl (C=O) groups is 2. The van der Waals surface area contributed by atoms with Gasteiger partial charge in [-0.2, -0.15) is 0 Å². The first-order valence-corrected chi connectivity index (χ1v) is 10.7. The Balaban J connectivity index is 1.43. The van der Waals surface area contributed by atoms with Gasteiger partial charge in [0.25, 0.3) is 0 Å². The lowest BCUT2D eigenvalue weighted by Crippen LogP contribution is -2.37. The SMILES string of the molecule is CC(=O)N(c1nc(COC(=O)C2COc3ccccc3O2)cs1)c1cccc(C)c1C. The van der Waals surface area contributed by atoms with Crippen molar-refractivity contribution < 1.29 is 23.8 Å². The van der Waals surface area contributed by atoms with Crippen LogP contribution in [0.25, 0.3) is 0 Å². The van der Waals surface area contributed by atoms with E-state index in [-0.39, 0.29) is 19.1 Å². The standard InChI is InChI=1S/C23H22N2O5S/c1-14-7-6-8-18(15(14)2)25(16(3)26)23-24-17(13-31-23)11-29-22(27)21-12-28-19-9-4-5-10-20(19)30-21/h4-10,13,21H,11-12H2,1-3H3. The summed E-state index contributed by atoms with van der Waals surface area (Å²) in [6.45, 7) is 5.54. The molecule has 0 bridgehead atoms. The van der Waals surface area contributed by atoms with Crippen LogP contribution < -0.4 is 14.4 Å². The van der Waals surface area contributed by atoms with E-state index in [1.807, 2.05) is 44.2 Å². The molecule has 1 aliphatic heterocycles. The molecule has 7 nitrogen and oxygen atoms in total. The number of rotatable bonds is 5. The molecule has 0 saturated heterocycles. The average molecular weight is 439 g/mol. The minimum atomic E-state index is -0.836. The van der Waals surface area contributed by atoms with E-state index in [4.69, 9.17) is 14.2 Å². The molecular weight excluding hydrogens is 416 g/mol. The summed E-state index contributed by atoms with van der Waals surface area (Å²) in [7, 11) is 0. The first-order valence-electron chi connectivity index (χ1n) is 9.80. The van der Waals surface area contributed by atoms with Crippen LogP contribution in [-0.2, 0) is 20.9 Å². The maximum absolute atomic E-state index is 12.4. The second-order valence-corrected chi connectivity index (χ2v) is 8.00. The molecule has 2 aromatic carbocycles. The lowest BCUT2D eigenvalue weighted by Gasteiger charge is -2.24. The molecule has 8 heteroatoms. The van der Waals surface area contributed by atoms with E-state index in [0.29, 0.717) is 22.3 Å². The number of hydrogen-bond donors (Lipinski definition) is 0. The van der Waals surface area contributed by atoms with Crippen molar-refractivity contribution in [3.05, 3.63) is 64.7 Å². The van der Waals surface area contributed by atoms with Gasteiger partial charge in [0.15, 0.2) is 16.6 Å². The third-order valence-electron chi connectivity index (χ3n) is 5.00. The molecule has 2 heterocycles. The zero-order valence-corrected chi connectivity index (χ0v) is 18.3. The summed E-state index contributed by atoms with van der Waals surface area (Å²) in [6, 6.07) is 13.0. The minimum absolute atomic E-state index is 0.0185. The Kier molecular flexibility index (Phi) is 5.90. The number of esters is 1. The number of aromatic nitrogens is 1. The zero-order valence-electron chi connectivity index (χ0n) is 17.5. The van der Waals surface area contributed by atoms with Gasteiger partial charge >= 0.3 is 5.97 Å². The largest absolute Gasteiger partial charge is 0.485 e. The Morgan fingerprint density at radius 3 is 2.71 bits per heavy atom. The van der Waals surface area contributed by atoms with E-state index in [9.17, 15) is 9.59 Å². The molecule has 31 heavy (non-hydrogen) atoms. The smallest absolute Gasteiger partial charge is 0.351 e. The highest BCUT2D eigenvalue weighted by Gasteiger charge is 2.29. The quantitative estimate of drug-likeness (QED) is 0.552. The number of aryl methyl sites for hydroxylation is 1. The molecule has 4 rings (SSSR count). The van der Waals surface area contributed by atoms with Gasteiger partial charge in [-0.25, -0.2) is 9.78 Å². The molecule has 1 unspecified atom stereocenters. The number of anilines is 2. The van der Waals surface area contributed by atoms with E-state index in [0.717, 1.165) is 16.8 Å². The van der Waals surface area contributed by atoms with Crippen molar-refractivity contribution in [2.75, 3.05) is 11.5 Å². The number of carbonyl (C=O) groups excluding carboxylic acids is 2. The van der Waals surface area contributed by atoms with Gasteiger partial charge in [0.05, 0.1) is 11.4 Å². The number of benzene rings is 2. The van der Waals surface area contributed by atoms with Crippen molar-refractivity contribution in [1.82, 2.24) is 4.98 Å². The maximum Gasteiger partial charge on any atom is 0.351 e. The molecule has 0 fully saturated rings. The fraction of sp³-hybridized carbons (Fsp3) is 0.261. The van der Waals surface area contributed by atoms with Crippen LogP contribution in [0.3, 0.4) is 0 Å². The van der Waals surface area contributed by atoms with Crippen molar-refractivity contribution >= 4 is 34.0 Å². The summed E-state index contributed by atoms with van der Waals surface area (Å²) >= 11 is 1.32. The van der Waals surface area contributed by atoms with Crippen LogP contribution >= 0.6 is 11.3 Å². The van der Waals surface area contributed by atoms with Crippen molar-refractivity contribution in [2.45, 2.75) is 33.5 Å². The number of thiazole rings is 1. The molecule has 0 radical (unpaired) electrons. The van der Waals surface area contributed by atoms with Gasteiger partial charge in [-0.05, 0) is 43.2 Å². The highest BCUT2D eigenvalue weighted by molar-refractivity contribution is 7.14. The monoisotopic (exact) mass is 438 g/mol. The van der Waals surface area contributed by atoms with Crippen molar-refractivity contribution in [3.63, 3.8) is 0 Å². The van der Waals surface area contributed by atoms with E-state index in [2.05, 4.69) is 4.98 Å². The predicted molar refractivity (Wildman–Crippen MR) is 117 cm³/mol. The van der Waals surface area contributed by atoms with Gasteiger partial charge in [-0.15, -0.1) is 11.3 Å². The molecule has 0 aliphatic carbocycles. The normalized spacial score (nSPS) is 14.7. The van der Waals surface area contributed by atoms with Crippen LogP contribution in [0.5, 0.6) is 11.5 Å². The highest BCUT2D eigenvalue weighted by atomic mass is 32.1. The summed E-state index contributed by atoms with van der Waals surface area (Å²) in [5, 5.41) is 2.30. The summed E-state index contributed by atoms with van der Waals surface area (Å²) in [5.41, 5.74) is 3.44. The second kappa shape index (κ2) is 8.77. The molecule has 160 valence electrons. The van der Waals surface area contributed by atoms with Crippen LogP contribution in [0.15, 0.2) is 47.8 Å². The molecule has 0 N–H and O–H groups in total. The van der Waals surface area contributed by atoms with Crippen LogP contribution in [0.4, 0.5) is 10.8 Å². The Morgan fingerprint density at radius 1 is 1.16 bits per heavy atom. The van der Waals surface area contributed by atoms with E-state index in [1.165, 1.54) is 18.3 Å². The number of nitrogens with zero attached hydrogens (tertiary/aromatic N) is 2. The lowest BCUT2D eigenvalue weighted by atomic mass is 10.1. The molecule has 1 aromatic heterocycles. The Bertz CT molecular complexity index is 1130. The maximum atomic E-state index is 12.4. The van der Waals surface area contributed by atoms with Crippen molar-refractivity contribution in [2.24, 2.45) is 0 Å². The summed E-state index contributed by atoms with van der Waals surface area (Å²) in [4.78, 5) is 30.9. The fourth-order valence-electron chi connectivity index (χ4n) is 3.22. The van der Waals surface area contributed by atoms with Crippen LogP contribution in [0.1, 0.15) is 23.7 Å². The Hall–Kier alpha value is -3.39. The molecule has 3 aromatic rings. The summed E-state index contributed by atoms with van der Waals surface area (Å²) < 4.78 is 16.6. The zero-order chi connectivity index (χ0) is 22.0. The molecule has 0 saturated carbocycles. The fourth-order valence-corrected chi connectivity index (χ4v) is 4.09. The van der Waals surface area contributed by atoms with Crippen LogP contribution in [-0.4, -0.2) is 29.6 Å². The average Bonchev–Trinajstić information content (AvgIpc) is 3.23. The van der Waals surface area contributed by atoms with E-state index >= 15 is 0 Å². The number of para-hydroxylation sites is 2. The molecule has 1 aliphatic rings. The third-order valence-corrected chi connectivity index (χ3v) is 5.87. The third kappa shape index (κ3) is 4.39. The van der Waals surface area contributed by atoms with Crippen LogP contribution in [0, 0.1) is 13.8 Å². The Morgan fingerprint density at radius 2 is 1.94 bits per heavy atom. The topological polar surface area (TPSA) is 78.0 Å². The number of amides is 1. The van der Waals surface area contributed by atoms with E-state index in [1.54, 1.807) is 22.4 Å². The van der Waals surface area contributed by atoms with Gasteiger partial charge < -0.3 is 14.2 Å². The summed E-state index contributed by atoms with van der Waals surface area (Å²) in [6.07, 6.45) is -0.836. The van der Waals surface area contributed by atoms with Gasteiger partial charge in [0.2, 0.25) is 12.0 Å². The molecule has 1 amide bonds. The number of fused-ring (bicyclic) bond motifs is 1. The summed E-state index contributed by atoms with van der Waals surface area (Å²) in [5.74, 6) is 0.448. The van der Waals surface area contributed by atoms with Gasteiger partial charge in [0.1, 0.15) is 13.2 Å². The number of hydrogen-bond acceptors (Lipinski definition) is 7. The number of ether oxygens (including phenoxy) is 3. The van der Waals surface area contributed by atoms with Crippen LogP contribution in [0.2, 0.25) is 0 Å². The van der Waals surface area contributed by atoms with E-state index < -0.39 is 12.1 Å². The lowest BCUT2D eigenvalue weighted by molar-refractivity contribution is -0.156. The molecule has 0 spiro atoms. The van der Waals surface area contributed by atoms with Gasteiger partial charge in [-0.3, -0.25) is 9.69 Å². The highest BCUT2D eigenvalue weighted by Crippen LogP contribution is 2.33. The molecular formula is C23H22N2O5S.